The van der Waals surface area contributed by atoms with Crippen LogP contribution in [-0.2, 0) is 6.42 Å². The first-order valence-corrected chi connectivity index (χ1v) is 4.20. The van der Waals surface area contributed by atoms with Crippen LogP contribution in [-0.4, -0.2) is 18.2 Å². The summed E-state index contributed by atoms with van der Waals surface area (Å²) in [6.07, 6.45) is 2.19. The third kappa shape index (κ3) is 1.93. The molecule has 0 saturated carbocycles. The van der Waals surface area contributed by atoms with Crippen LogP contribution in [0.4, 0.5) is 0 Å². The van der Waals surface area contributed by atoms with Gasteiger partial charge in [-0.05, 0) is 18.1 Å². The Morgan fingerprint density at radius 3 is 2.86 bits per heavy atom. The lowest BCUT2D eigenvalue weighted by Crippen LogP contribution is -2.04. The molecule has 0 fully saturated rings. The van der Waals surface area contributed by atoms with Crippen LogP contribution < -0.4 is 4.74 Å². The first-order valence-electron chi connectivity index (χ1n) is 4.20. The van der Waals surface area contributed by atoms with Gasteiger partial charge >= 0.3 is 5.97 Å². The van der Waals surface area contributed by atoms with E-state index in [-0.39, 0.29) is 5.56 Å². The number of hydrogen-bond acceptors (Lipinski definition) is 2. The molecule has 1 N–H and O–H groups in total. The van der Waals surface area contributed by atoms with Gasteiger partial charge in [-0.3, -0.25) is 0 Å². The molecule has 0 radical (unpaired) electrons. The fourth-order valence-electron chi connectivity index (χ4n) is 1.32. The quantitative estimate of drug-likeness (QED) is 0.743. The third-order valence-electron chi connectivity index (χ3n) is 1.91. The van der Waals surface area contributed by atoms with Crippen molar-refractivity contribution in [2.75, 3.05) is 7.11 Å². The second-order valence-electron chi connectivity index (χ2n) is 2.79. The Morgan fingerprint density at radius 2 is 2.36 bits per heavy atom. The summed E-state index contributed by atoms with van der Waals surface area (Å²) in [5, 5.41) is 8.99. The monoisotopic (exact) mass is 192 g/mol. The van der Waals surface area contributed by atoms with E-state index in [1.807, 2.05) is 0 Å². The summed E-state index contributed by atoms with van der Waals surface area (Å²) in [5.41, 5.74) is 0.932. The number of aromatic carboxylic acids is 1. The fourth-order valence-corrected chi connectivity index (χ4v) is 1.32. The van der Waals surface area contributed by atoms with E-state index >= 15 is 0 Å². The largest absolute Gasteiger partial charge is 0.496 e. The van der Waals surface area contributed by atoms with Gasteiger partial charge in [0.2, 0.25) is 0 Å². The fraction of sp³-hybridized carbons (Fsp3) is 0.182. The zero-order chi connectivity index (χ0) is 10.6. The Balaban J connectivity index is 3.27. The van der Waals surface area contributed by atoms with Gasteiger partial charge < -0.3 is 9.84 Å². The maximum absolute atomic E-state index is 11.0. The van der Waals surface area contributed by atoms with Gasteiger partial charge in [0.1, 0.15) is 11.3 Å². The number of hydrogen-bond donors (Lipinski definition) is 1. The summed E-state index contributed by atoms with van der Waals surface area (Å²) in [5.74, 6) is -0.587. The molecule has 0 saturated heterocycles. The van der Waals surface area contributed by atoms with Gasteiger partial charge in [0.15, 0.2) is 0 Å². The average molecular weight is 192 g/mol. The Hall–Kier alpha value is -1.77. The molecule has 0 aliphatic heterocycles. The van der Waals surface area contributed by atoms with Crippen LogP contribution >= 0.6 is 0 Å². The number of rotatable bonds is 4. The summed E-state index contributed by atoms with van der Waals surface area (Å²) in [7, 11) is 1.46. The molecule has 1 aromatic carbocycles. The summed E-state index contributed by atoms with van der Waals surface area (Å²) < 4.78 is 4.98. The molecule has 0 aliphatic carbocycles. The minimum atomic E-state index is -0.973. The standard InChI is InChI=1S/C11H12O3/c1-3-5-8-6-4-7-9(14-2)10(8)11(12)13/h3-4,6-7H,1,5H2,2H3,(H,12,13). The highest BCUT2D eigenvalue weighted by Gasteiger charge is 2.14. The van der Waals surface area contributed by atoms with Gasteiger partial charge in [0.05, 0.1) is 7.11 Å². The SMILES string of the molecule is C=CCc1cccc(OC)c1C(=O)O. The molecule has 0 amide bonds. The molecule has 0 aliphatic rings. The van der Waals surface area contributed by atoms with E-state index in [0.29, 0.717) is 17.7 Å². The highest BCUT2D eigenvalue weighted by atomic mass is 16.5. The van der Waals surface area contributed by atoms with Crippen molar-refractivity contribution in [2.45, 2.75) is 6.42 Å². The second kappa shape index (κ2) is 4.46. The highest BCUT2D eigenvalue weighted by molar-refractivity contribution is 5.92. The number of allylic oxidation sites excluding steroid dienone is 1. The minimum absolute atomic E-state index is 0.218. The molecule has 3 heteroatoms. The van der Waals surface area contributed by atoms with Crippen LogP contribution in [0.1, 0.15) is 15.9 Å². The number of ether oxygens (including phenoxy) is 1. The van der Waals surface area contributed by atoms with Crippen LogP contribution in [0, 0.1) is 0 Å². The smallest absolute Gasteiger partial charge is 0.339 e. The molecular formula is C11H12O3. The van der Waals surface area contributed by atoms with Gasteiger partial charge in [-0.25, -0.2) is 4.79 Å². The first kappa shape index (κ1) is 10.3. The Kier molecular flexibility index (Phi) is 3.29. The lowest BCUT2D eigenvalue weighted by atomic mass is 10.0. The van der Waals surface area contributed by atoms with Gasteiger partial charge in [0, 0.05) is 0 Å². The topological polar surface area (TPSA) is 46.5 Å². The molecule has 14 heavy (non-hydrogen) atoms. The number of carboxylic acids is 1. The molecular weight excluding hydrogens is 180 g/mol. The zero-order valence-electron chi connectivity index (χ0n) is 7.99. The van der Waals surface area contributed by atoms with Crippen LogP contribution in [0.2, 0.25) is 0 Å². The molecule has 0 aromatic heterocycles. The maximum Gasteiger partial charge on any atom is 0.339 e. The van der Waals surface area contributed by atoms with Gasteiger partial charge in [-0.1, -0.05) is 18.2 Å². The summed E-state index contributed by atoms with van der Waals surface area (Å²) in [6, 6.07) is 5.16. The maximum atomic E-state index is 11.0. The van der Waals surface area contributed by atoms with Crippen molar-refractivity contribution in [2.24, 2.45) is 0 Å². The Labute approximate surface area is 82.6 Å². The van der Waals surface area contributed by atoms with Crippen molar-refractivity contribution in [3.8, 4) is 5.75 Å². The second-order valence-corrected chi connectivity index (χ2v) is 2.79. The lowest BCUT2D eigenvalue weighted by Gasteiger charge is -2.08. The van der Waals surface area contributed by atoms with E-state index in [2.05, 4.69) is 6.58 Å². The number of carbonyl (C=O) groups is 1. The van der Waals surface area contributed by atoms with E-state index in [1.54, 1.807) is 24.3 Å². The Morgan fingerprint density at radius 1 is 1.64 bits per heavy atom. The number of methoxy groups -OCH3 is 1. The Bertz CT molecular complexity index is 356. The van der Waals surface area contributed by atoms with E-state index in [4.69, 9.17) is 9.84 Å². The molecule has 0 bridgehead atoms. The van der Waals surface area contributed by atoms with Crippen molar-refractivity contribution in [3.63, 3.8) is 0 Å². The van der Waals surface area contributed by atoms with E-state index in [9.17, 15) is 4.79 Å². The number of carboxylic acid groups (broad SMARTS) is 1. The van der Waals surface area contributed by atoms with Crippen molar-refractivity contribution in [1.82, 2.24) is 0 Å². The van der Waals surface area contributed by atoms with Gasteiger partial charge in [-0.15, -0.1) is 6.58 Å². The lowest BCUT2D eigenvalue weighted by molar-refractivity contribution is 0.0692. The molecule has 0 heterocycles. The predicted molar refractivity (Wildman–Crippen MR) is 53.9 cm³/mol. The normalized spacial score (nSPS) is 9.50. The van der Waals surface area contributed by atoms with Crippen LogP contribution in [0.15, 0.2) is 30.9 Å². The van der Waals surface area contributed by atoms with E-state index in [0.717, 1.165) is 0 Å². The van der Waals surface area contributed by atoms with E-state index < -0.39 is 5.97 Å². The highest BCUT2D eigenvalue weighted by Crippen LogP contribution is 2.22. The van der Waals surface area contributed by atoms with Gasteiger partial charge in [-0.2, -0.15) is 0 Å². The summed E-state index contributed by atoms with van der Waals surface area (Å²) in [6.45, 7) is 3.58. The third-order valence-corrected chi connectivity index (χ3v) is 1.91. The van der Waals surface area contributed by atoms with Crippen LogP contribution in [0.25, 0.3) is 0 Å². The molecule has 0 atom stereocenters. The van der Waals surface area contributed by atoms with Crippen LogP contribution in [0.5, 0.6) is 5.75 Å². The summed E-state index contributed by atoms with van der Waals surface area (Å²) in [4.78, 5) is 11.0. The molecule has 74 valence electrons. The minimum Gasteiger partial charge on any atom is -0.496 e. The molecule has 3 nitrogen and oxygen atoms in total. The first-order chi connectivity index (χ1) is 6.70. The molecule has 1 rings (SSSR count). The molecule has 0 unspecified atom stereocenters. The van der Waals surface area contributed by atoms with Crippen molar-refractivity contribution in [3.05, 3.63) is 42.0 Å². The average Bonchev–Trinajstić information content (AvgIpc) is 2.17. The molecule has 1 aromatic rings. The van der Waals surface area contributed by atoms with Crippen LogP contribution in [0.3, 0.4) is 0 Å². The van der Waals surface area contributed by atoms with Crippen molar-refractivity contribution in [1.29, 1.82) is 0 Å². The predicted octanol–water partition coefficient (Wildman–Crippen LogP) is 2.12. The zero-order valence-corrected chi connectivity index (χ0v) is 7.99. The van der Waals surface area contributed by atoms with Crippen molar-refractivity contribution >= 4 is 5.97 Å². The number of benzene rings is 1. The summed E-state index contributed by atoms with van der Waals surface area (Å²) >= 11 is 0. The molecule has 0 spiro atoms. The van der Waals surface area contributed by atoms with Gasteiger partial charge in [0.25, 0.3) is 0 Å². The van der Waals surface area contributed by atoms with E-state index in [1.165, 1.54) is 7.11 Å². The van der Waals surface area contributed by atoms with Crippen molar-refractivity contribution < 1.29 is 14.6 Å².